The van der Waals surface area contributed by atoms with Gasteiger partial charge in [-0.2, -0.15) is 0 Å². The van der Waals surface area contributed by atoms with Crippen LogP contribution in [-0.2, 0) is 15.0 Å². The van der Waals surface area contributed by atoms with E-state index in [1.807, 2.05) is 58.0 Å². The molecule has 0 unspecified atom stereocenters. The molecular weight excluding hydrogens is 368 g/mol. The first-order valence-electron chi connectivity index (χ1n) is 8.60. The van der Waals surface area contributed by atoms with Crippen LogP contribution >= 0.6 is 12.2 Å². The number of amides is 1. The maximum absolute atomic E-state index is 14.5. The number of nitrogens with one attached hydrogen (secondary N) is 3. The first kappa shape index (κ1) is 20.7. The molecule has 0 spiro atoms. The van der Waals surface area contributed by atoms with Gasteiger partial charge in [-0.25, -0.2) is 9.71 Å². The van der Waals surface area contributed by atoms with Gasteiger partial charge in [-0.1, -0.05) is 56.4 Å². The minimum atomic E-state index is -4.26. The quantitative estimate of drug-likeness (QED) is 0.668. The van der Waals surface area contributed by atoms with Crippen LogP contribution in [0.5, 0.6) is 0 Å². The van der Waals surface area contributed by atoms with Gasteiger partial charge in [0.15, 0.2) is 5.17 Å². The van der Waals surface area contributed by atoms with Gasteiger partial charge in [0, 0.05) is 6.54 Å². The Bertz CT molecular complexity index is 803. The molecule has 0 aromatic heterocycles. The van der Waals surface area contributed by atoms with E-state index in [1.54, 1.807) is 0 Å². The van der Waals surface area contributed by atoms with Crippen LogP contribution in [0.15, 0.2) is 35.3 Å². The molecule has 0 atom stereocenters. The Labute approximate surface area is 160 Å². The van der Waals surface area contributed by atoms with Crippen molar-refractivity contribution in [3.05, 3.63) is 35.9 Å². The predicted molar refractivity (Wildman–Crippen MR) is 113 cm³/mol. The summed E-state index contributed by atoms with van der Waals surface area (Å²) in [7, 11) is -2.73. The van der Waals surface area contributed by atoms with Crippen molar-refractivity contribution in [1.82, 2.24) is 15.4 Å². The Hall–Kier alpha value is -1.64. The third-order valence-corrected chi connectivity index (χ3v) is 8.62. The second kappa shape index (κ2) is 7.17. The topological polar surface area (TPSA) is 82.6 Å². The van der Waals surface area contributed by atoms with Gasteiger partial charge in [0.1, 0.15) is 10.5 Å². The van der Waals surface area contributed by atoms with Gasteiger partial charge in [-0.15, -0.1) is 0 Å². The lowest BCUT2D eigenvalue weighted by atomic mass is 10.1. The van der Waals surface area contributed by atoms with Crippen molar-refractivity contribution >= 4 is 36.9 Å². The second-order valence-corrected chi connectivity index (χ2v) is 11.5. The molecule has 3 N–H and O–H groups in total. The molecule has 1 aliphatic heterocycles. The normalized spacial score (nSPS) is 18.0. The number of hydrogen-bond acceptors (Lipinski definition) is 4. The monoisotopic (exact) mass is 396 g/mol. The average molecular weight is 397 g/mol. The zero-order chi connectivity index (χ0) is 19.6. The molecule has 2 rings (SSSR count). The molecule has 1 amide bonds. The zero-order valence-electron chi connectivity index (χ0n) is 16.0. The number of hydrogen-bond donors (Lipinski definition) is 3. The zero-order valence-corrected chi connectivity index (χ0v) is 17.6. The summed E-state index contributed by atoms with van der Waals surface area (Å²) < 4.78 is 17.3. The molecule has 1 aromatic rings. The summed E-state index contributed by atoms with van der Waals surface area (Å²) in [6.45, 7) is 8.05. The molecular formula is C18H28N4O2S2. The van der Waals surface area contributed by atoms with Crippen LogP contribution in [0.2, 0.25) is 0 Å². The molecule has 0 radical (unpaired) electrons. The highest BCUT2D eigenvalue weighted by Crippen LogP contribution is 2.33. The van der Waals surface area contributed by atoms with E-state index in [0.717, 1.165) is 5.56 Å². The maximum atomic E-state index is 14.5. The van der Waals surface area contributed by atoms with Gasteiger partial charge in [0.05, 0.1) is 15.0 Å². The summed E-state index contributed by atoms with van der Waals surface area (Å²) in [5.74, 6) is 0.233. The predicted octanol–water partition coefficient (Wildman–Crippen LogP) is 2.57. The third-order valence-electron chi connectivity index (χ3n) is 4.33. The summed E-state index contributed by atoms with van der Waals surface area (Å²) >= 11 is 5.35. The van der Waals surface area contributed by atoms with E-state index in [1.165, 1.54) is 7.05 Å². The number of nitrogens with zero attached hydrogens (tertiary/aromatic N) is 1. The van der Waals surface area contributed by atoms with Crippen LogP contribution in [0.25, 0.3) is 0 Å². The number of rotatable bonds is 5. The largest absolute Gasteiger partial charge is 0.345 e. The first-order chi connectivity index (χ1) is 12.0. The maximum Gasteiger partial charge on any atom is 0.307 e. The van der Waals surface area contributed by atoms with Crippen LogP contribution in [-0.4, -0.2) is 38.7 Å². The van der Waals surface area contributed by atoms with Gasteiger partial charge in [-0.05, 0) is 32.4 Å². The van der Waals surface area contributed by atoms with E-state index in [9.17, 15) is 9.00 Å². The fourth-order valence-electron chi connectivity index (χ4n) is 2.60. The molecule has 26 heavy (non-hydrogen) atoms. The van der Waals surface area contributed by atoms with Crippen molar-refractivity contribution < 1.29 is 9.00 Å². The number of carbonyl (C=O) groups is 1. The minimum absolute atomic E-state index is 0.00297. The lowest BCUT2D eigenvalue weighted by Gasteiger charge is -2.40. The summed E-state index contributed by atoms with van der Waals surface area (Å²) in [6.07, 6.45) is 0. The number of amidine groups is 1. The molecule has 1 heterocycles. The van der Waals surface area contributed by atoms with Crippen molar-refractivity contribution in [2.45, 2.75) is 39.0 Å². The van der Waals surface area contributed by atoms with Gasteiger partial charge >= 0.3 is 5.24 Å². The SMILES string of the molecule is CNS(=O)(Cc1ccccc1)(C(=O)NCC(C)C)C1=NC(C)(C)C(=S)N1. The molecule has 0 fully saturated rings. The van der Waals surface area contributed by atoms with Crippen molar-refractivity contribution in [3.8, 4) is 0 Å². The number of benzene rings is 1. The molecule has 8 heteroatoms. The summed E-state index contributed by atoms with van der Waals surface area (Å²) in [6, 6.07) is 9.28. The minimum Gasteiger partial charge on any atom is -0.345 e. The fourth-order valence-corrected chi connectivity index (χ4v) is 5.73. The van der Waals surface area contributed by atoms with Crippen LogP contribution in [0, 0.1) is 5.92 Å². The molecule has 0 saturated carbocycles. The van der Waals surface area contributed by atoms with Gasteiger partial charge < -0.3 is 10.6 Å². The fraction of sp³-hybridized carbons (Fsp3) is 0.500. The van der Waals surface area contributed by atoms with Crippen LogP contribution < -0.4 is 15.4 Å². The highest BCUT2D eigenvalue weighted by molar-refractivity contribution is 8.41. The molecule has 144 valence electrons. The Balaban J connectivity index is 2.58. The Morgan fingerprint density at radius 2 is 1.92 bits per heavy atom. The molecule has 1 aromatic carbocycles. The van der Waals surface area contributed by atoms with E-state index in [4.69, 9.17) is 12.2 Å². The van der Waals surface area contributed by atoms with E-state index >= 15 is 0 Å². The highest BCUT2D eigenvalue weighted by atomic mass is 32.3. The Morgan fingerprint density at radius 3 is 2.38 bits per heavy atom. The highest BCUT2D eigenvalue weighted by Gasteiger charge is 2.53. The van der Waals surface area contributed by atoms with Crippen LogP contribution in [0.4, 0.5) is 4.79 Å². The number of carbonyl (C=O) groups excluding carboxylic acids is 1. The van der Waals surface area contributed by atoms with Gasteiger partial charge in [0.2, 0.25) is 0 Å². The van der Waals surface area contributed by atoms with Crippen LogP contribution in [0.1, 0.15) is 33.3 Å². The van der Waals surface area contributed by atoms with Crippen LogP contribution in [0.3, 0.4) is 0 Å². The molecule has 1 aliphatic rings. The first-order valence-corrected chi connectivity index (χ1v) is 11.1. The summed E-state index contributed by atoms with van der Waals surface area (Å²) in [5, 5.41) is 5.34. The van der Waals surface area contributed by atoms with E-state index in [-0.39, 0.29) is 16.8 Å². The smallest absolute Gasteiger partial charge is 0.307 e. The number of aliphatic imine (C=N–C) groups is 1. The van der Waals surface area contributed by atoms with Crippen molar-refractivity contribution in [2.75, 3.05) is 13.6 Å². The molecule has 0 bridgehead atoms. The van der Waals surface area contributed by atoms with Gasteiger partial charge in [0.25, 0.3) is 0 Å². The van der Waals surface area contributed by atoms with Crippen molar-refractivity contribution in [2.24, 2.45) is 10.9 Å². The molecule has 0 saturated heterocycles. The van der Waals surface area contributed by atoms with Crippen molar-refractivity contribution in [1.29, 1.82) is 0 Å². The van der Waals surface area contributed by atoms with E-state index in [2.05, 4.69) is 20.3 Å². The number of thiocarbonyl (C=S) groups is 1. The lowest BCUT2D eigenvalue weighted by molar-refractivity contribution is 0.257. The lowest BCUT2D eigenvalue weighted by Crippen LogP contribution is -2.65. The molecule has 0 aliphatic carbocycles. The van der Waals surface area contributed by atoms with E-state index < -0.39 is 20.0 Å². The Kier molecular flexibility index (Phi) is 5.70. The average Bonchev–Trinajstić information content (AvgIpc) is 2.87. The summed E-state index contributed by atoms with van der Waals surface area (Å²) in [5.41, 5.74) is 0.0667. The Morgan fingerprint density at radius 1 is 1.31 bits per heavy atom. The van der Waals surface area contributed by atoms with Crippen molar-refractivity contribution in [3.63, 3.8) is 0 Å². The summed E-state index contributed by atoms with van der Waals surface area (Å²) in [4.78, 5) is 18.2. The molecule has 6 nitrogen and oxygen atoms in total. The standard InChI is InChI=1S/C18H28N4O2S2/c1-13(2)11-20-17(23)26(24,19-5,12-14-9-7-6-8-10-14)16-21-15(25)18(3,4)22-16/h6-10,13H,11-12H2,1-5H3,(H,19,24)(H,20,23)(H,21,22,25). The third kappa shape index (κ3) is 3.72. The van der Waals surface area contributed by atoms with Gasteiger partial charge in [-0.3, -0.25) is 9.00 Å². The van der Waals surface area contributed by atoms with E-state index in [0.29, 0.717) is 11.5 Å². The second-order valence-electron chi connectivity index (χ2n) is 7.43.